The molecule has 1 aromatic carbocycles. The zero-order valence-electron chi connectivity index (χ0n) is 14.2. The van der Waals surface area contributed by atoms with E-state index in [2.05, 4.69) is 5.32 Å². The first kappa shape index (κ1) is 18.8. The lowest BCUT2D eigenvalue weighted by Gasteiger charge is -2.12. The maximum absolute atomic E-state index is 11.8. The Balaban J connectivity index is 2.69. The number of methoxy groups -OCH3 is 3. The Morgan fingerprint density at radius 3 is 2.35 bits per heavy atom. The van der Waals surface area contributed by atoms with Crippen molar-refractivity contribution in [1.29, 1.82) is 0 Å². The molecule has 0 saturated heterocycles. The zero-order valence-corrected chi connectivity index (χ0v) is 14.2. The first-order valence-electron chi connectivity index (χ1n) is 7.49. The van der Waals surface area contributed by atoms with Crippen LogP contribution in [0.1, 0.15) is 18.9 Å². The van der Waals surface area contributed by atoms with Gasteiger partial charge in [-0.15, -0.1) is 0 Å². The van der Waals surface area contributed by atoms with Crippen LogP contribution in [0.5, 0.6) is 17.2 Å². The summed E-state index contributed by atoms with van der Waals surface area (Å²) in [6, 6.07) is 3.48. The quantitative estimate of drug-likeness (QED) is 0.528. The number of rotatable bonds is 10. The van der Waals surface area contributed by atoms with Crippen molar-refractivity contribution in [2.75, 3.05) is 41.1 Å². The second-order valence-corrected chi connectivity index (χ2v) is 4.62. The van der Waals surface area contributed by atoms with Crippen molar-refractivity contribution in [3.8, 4) is 17.2 Å². The van der Waals surface area contributed by atoms with Crippen LogP contribution in [0, 0.1) is 0 Å². The molecule has 0 unspecified atom stereocenters. The van der Waals surface area contributed by atoms with Crippen LogP contribution < -0.4 is 19.5 Å². The molecule has 0 radical (unpaired) electrons. The molecule has 1 N–H and O–H groups in total. The summed E-state index contributed by atoms with van der Waals surface area (Å²) in [5.41, 5.74) is 0.731. The number of nitrogens with one attached hydrogen (secondary N) is 1. The molecule has 6 nitrogen and oxygen atoms in total. The minimum Gasteiger partial charge on any atom is -0.496 e. The third-order valence-electron chi connectivity index (χ3n) is 3.12. The number of ether oxygens (including phenoxy) is 4. The van der Waals surface area contributed by atoms with Crippen LogP contribution >= 0.6 is 0 Å². The molecule has 6 heteroatoms. The van der Waals surface area contributed by atoms with E-state index >= 15 is 0 Å². The van der Waals surface area contributed by atoms with E-state index in [1.54, 1.807) is 39.5 Å². The van der Waals surface area contributed by atoms with Crippen molar-refractivity contribution in [2.24, 2.45) is 0 Å². The SMILES string of the molecule is CCOCCCNC(=O)/C=C/c1cc(OC)c(OC)cc1OC. The number of benzene rings is 1. The van der Waals surface area contributed by atoms with Crippen molar-refractivity contribution < 1.29 is 23.7 Å². The van der Waals surface area contributed by atoms with Gasteiger partial charge in [-0.2, -0.15) is 0 Å². The minimum absolute atomic E-state index is 0.168. The summed E-state index contributed by atoms with van der Waals surface area (Å²) in [6.07, 6.45) is 3.93. The van der Waals surface area contributed by atoms with Crippen LogP contribution in [0.4, 0.5) is 0 Å². The Morgan fingerprint density at radius 1 is 1.09 bits per heavy atom. The lowest BCUT2D eigenvalue weighted by Crippen LogP contribution is -2.23. The molecule has 0 atom stereocenters. The maximum Gasteiger partial charge on any atom is 0.244 e. The average Bonchev–Trinajstić information content (AvgIpc) is 2.58. The first-order chi connectivity index (χ1) is 11.2. The third-order valence-corrected chi connectivity index (χ3v) is 3.12. The van der Waals surface area contributed by atoms with Crippen LogP contribution in [0.3, 0.4) is 0 Å². The van der Waals surface area contributed by atoms with Gasteiger partial charge in [-0.05, 0) is 25.5 Å². The highest BCUT2D eigenvalue weighted by Crippen LogP contribution is 2.35. The van der Waals surface area contributed by atoms with E-state index in [4.69, 9.17) is 18.9 Å². The molecule has 23 heavy (non-hydrogen) atoms. The zero-order chi connectivity index (χ0) is 17.1. The second kappa shape index (κ2) is 10.5. The van der Waals surface area contributed by atoms with Gasteiger partial charge in [0, 0.05) is 37.5 Å². The second-order valence-electron chi connectivity index (χ2n) is 4.62. The summed E-state index contributed by atoms with van der Waals surface area (Å²) in [5.74, 6) is 1.58. The van der Waals surface area contributed by atoms with Crippen molar-refractivity contribution in [2.45, 2.75) is 13.3 Å². The summed E-state index contributed by atoms with van der Waals surface area (Å²) >= 11 is 0. The average molecular weight is 323 g/mol. The van der Waals surface area contributed by atoms with Crippen molar-refractivity contribution in [3.63, 3.8) is 0 Å². The third kappa shape index (κ3) is 6.20. The molecule has 0 aliphatic heterocycles. The molecule has 0 aliphatic rings. The predicted octanol–water partition coefficient (Wildman–Crippen LogP) is 2.27. The molecule has 0 aliphatic carbocycles. The molecule has 0 bridgehead atoms. The van der Waals surface area contributed by atoms with E-state index in [0.717, 1.165) is 12.0 Å². The fourth-order valence-electron chi connectivity index (χ4n) is 1.94. The van der Waals surface area contributed by atoms with Crippen molar-refractivity contribution in [1.82, 2.24) is 5.32 Å². The molecule has 0 aromatic heterocycles. The van der Waals surface area contributed by atoms with Gasteiger partial charge < -0.3 is 24.3 Å². The Morgan fingerprint density at radius 2 is 1.74 bits per heavy atom. The van der Waals surface area contributed by atoms with E-state index in [0.29, 0.717) is 37.0 Å². The molecule has 0 spiro atoms. The number of hydrogen-bond acceptors (Lipinski definition) is 5. The van der Waals surface area contributed by atoms with Gasteiger partial charge in [0.2, 0.25) is 5.91 Å². The van der Waals surface area contributed by atoms with Crippen LogP contribution in [-0.4, -0.2) is 47.0 Å². The summed E-state index contributed by atoms with van der Waals surface area (Å²) in [5, 5.41) is 2.80. The van der Waals surface area contributed by atoms with Gasteiger partial charge in [-0.1, -0.05) is 0 Å². The Hall–Kier alpha value is -2.21. The lowest BCUT2D eigenvalue weighted by atomic mass is 10.1. The Labute approximate surface area is 137 Å². The predicted molar refractivity (Wildman–Crippen MR) is 89.3 cm³/mol. The largest absolute Gasteiger partial charge is 0.496 e. The fraction of sp³-hybridized carbons (Fsp3) is 0.471. The van der Waals surface area contributed by atoms with Crippen LogP contribution in [0.25, 0.3) is 6.08 Å². The summed E-state index contributed by atoms with van der Waals surface area (Å²) in [7, 11) is 4.68. The molecule has 1 aromatic rings. The van der Waals surface area contributed by atoms with E-state index < -0.39 is 0 Å². The maximum atomic E-state index is 11.8. The fourth-order valence-corrected chi connectivity index (χ4v) is 1.94. The van der Waals surface area contributed by atoms with Gasteiger partial charge in [0.1, 0.15) is 5.75 Å². The monoisotopic (exact) mass is 323 g/mol. The van der Waals surface area contributed by atoms with Gasteiger partial charge in [0.25, 0.3) is 0 Å². The van der Waals surface area contributed by atoms with E-state index in [9.17, 15) is 4.79 Å². The number of hydrogen-bond donors (Lipinski definition) is 1. The topological polar surface area (TPSA) is 66.0 Å². The normalized spacial score (nSPS) is 10.6. The smallest absolute Gasteiger partial charge is 0.244 e. The van der Waals surface area contributed by atoms with Gasteiger partial charge >= 0.3 is 0 Å². The van der Waals surface area contributed by atoms with Gasteiger partial charge in [-0.3, -0.25) is 4.79 Å². The first-order valence-corrected chi connectivity index (χ1v) is 7.49. The van der Waals surface area contributed by atoms with Crippen LogP contribution in [0.15, 0.2) is 18.2 Å². The van der Waals surface area contributed by atoms with Crippen molar-refractivity contribution >= 4 is 12.0 Å². The van der Waals surface area contributed by atoms with E-state index in [1.165, 1.54) is 6.08 Å². The summed E-state index contributed by atoms with van der Waals surface area (Å²) in [4.78, 5) is 11.8. The van der Waals surface area contributed by atoms with Gasteiger partial charge in [0.15, 0.2) is 11.5 Å². The Bertz CT molecular complexity index is 528. The highest BCUT2D eigenvalue weighted by atomic mass is 16.5. The van der Waals surface area contributed by atoms with Crippen molar-refractivity contribution in [3.05, 3.63) is 23.8 Å². The highest BCUT2D eigenvalue weighted by Gasteiger charge is 2.10. The molecule has 0 fully saturated rings. The number of carbonyl (C=O) groups is 1. The number of amides is 1. The van der Waals surface area contributed by atoms with E-state index in [-0.39, 0.29) is 5.91 Å². The van der Waals surface area contributed by atoms with Crippen LogP contribution in [0.2, 0.25) is 0 Å². The minimum atomic E-state index is -0.168. The summed E-state index contributed by atoms with van der Waals surface area (Å²) in [6.45, 7) is 3.85. The van der Waals surface area contributed by atoms with Gasteiger partial charge in [0.05, 0.1) is 21.3 Å². The molecule has 0 saturated carbocycles. The Kier molecular flexibility index (Phi) is 8.60. The number of carbonyl (C=O) groups excluding carboxylic acids is 1. The van der Waals surface area contributed by atoms with Crippen LogP contribution in [-0.2, 0) is 9.53 Å². The molecule has 0 heterocycles. The molecule has 1 amide bonds. The van der Waals surface area contributed by atoms with Gasteiger partial charge in [-0.25, -0.2) is 0 Å². The molecular formula is C17H25NO5. The lowest BCUT2D eigenvalue weighted by molar-refractivity contribution is -0.116. The molecule has 1 rings (SSSR count). The molecular weight excluding hydrogens is 298 g/mol. The molecule has 128 valence electrons. The standard InChI is InChI=1S/C17H25NO5/c1-5-23-10-6-9-18-17(19)8-7-13-11-15(21-3)16(22-4)12-14(13)20-2/h7-8,11-12H,5-6,9-10H2,1-4H3,(H,18,19)/b8-7+. The summed E-state index contributed by atoms with van der Waals surface area (Å²) < 4.78 is 21.0. The highest BCUT2D eigenvalue weighted by molar-refractivity contribution is 5.92. The van der Waals surface area contributed by atoms with E-state index in [1.807, 2.05) is 6.92 Å².